The molecule has 0 bridgehead atoms. The first-order valence-electron chi connectivity index (χ1n) is 9.05. The third-order valence-corrected chi connectivity index (χ3v) is 5.21. The Kier molecular flexibility index (Phi) is 5.74. The number of rotatable bonds is 5. The summed E-state index contributed by atoms with van der Waals surface area (Å²) in [6, 6.07) is 6.49. The summed E-state index contributed by atoms with van der Waals surface area (Å²) in [6.07, 6.45) is 2.39. The molecule has 1 amide bonds. The molecule has 1 N–H and O–H groups in total. The van der Waals surface area contributed by atoms with Crippen LogP contribution in [0.3, 0.4) is 0 Å². The Morgan fingerprint density at radius 1 is 1.25 bits per heavy atom. The molecule has 2 fully saturated rings. The van der Waals surface area contributed by atoms with E-state index in [2.05, 4.69) is 47.2 Å². The van der Waals surface area contributed by atoms with Gasteiger partial charge in [-0.2, -0.15) is 0 Å². The number of carbonyl (C=O) groups excluding carboxylic acids is 1. The van der Waals surface area contributed by atoms with E-state index in [4.69, 9.17) is 4.74 Å². The van der Waals surface area contributed by atoms with Crippen molar-refractivity contribution in [3.8, 4) is 0 Å². The highest BCUT2D eigenvalue weighted by Gasteiger charge is 2.21. The second-order valence-electron chi connectivity index (χ2n) is 6.92. The van der Waals surface area contributed by atoms with Gasteiger partial charge >= 0.3 is 0 Å². The summed E-state index contributed by atoms with van der Waals surface area (Å²) in [6.45, 7) is 10.1. The molecule has 2 heterocycles. The standard InChI is InChI=1S/C19H29N3O2/c1-15-5-3-7-18(16(15)2)22-10-8-21(9-11-22)14-19(23)20-13-17-6-4-12-24-17/h3,5,7,17H,4,6,8-14H2,1-2H3,(H,20,23). The van der Waals surface area contributed by atoms with E-state index in [1.165, 1.54) is 16.8 Å². The van der Waals surface area contributed by atoms with Crippen LogP contribution in [0.4, 0.5) is 5.69 Å². The minimum atomic E-state index is 0.116. The normalized spacial score (nSPS) is 21.9. The monoisotopic (exact) mass is 331 g/mol. The first-order chi connectivity index (χ1) is 11.6. The molecular formula is C19H29N3O2. The fourth-order valence-electron chi connectivity index (χ4n) is 3.52. The zero-order valence-electron chi connectivity index (χ0n) is 14.9. The number of benzene rings is 1. The first kappa shape index (κ1) is 17.2. The lowest BCUT2D eigenvalue weighted by atomic mass is 10.1. The van der Waals surface area contributed by atoms with Crippen LogP contribution in [0.25, 0.3) is 0 Å². The maximum atomic E-state index is 12.1. The molecule has 1 atom stereocenters. The van der Waals surface area contributed by atoms with Crippen LogP contribution in [0, 0.1) is 13.8 Å². The van der Waals surface area contributed by atoms with Crippen molar-refractivity contribution in [2.24, 2.45) is 0 Å². The Bertz CT molecular complexity index is 562. The molecule has 0 saturated carbocycles. The smallest absolute Gasteiger partial charge is 0.234 e. The van der Waals surface area contributed by atoms with E-state index in [1.807, 2.05) is 0 Å². The number of ether oxygens (including phenoxy) is 1. The Morgan fingerprint density at radius 3 is 2.75 bits per heavy atom. The molecule has 2 aliphatic rings. The molecule has 1 aromatic carbocycles. The molecule has 0 radical (unpaired) electrons. The molecular weight excluding hydrogens is 302 g/mol. The van der Waals surface area contributed by atoms with Crippen LogP contribution < -0.4 is 10.2 Å². The van der Waals surface area contributed by atoms with Crippen LogP contribution in [-0.4, -0.2) is 62.8 Å². The molecule has 1 unspecified atom stereocenters. The second-order valence-corrected chi connectivity index (χ2v) is 6.92. The van der Waals surface area contributed by atoms with Crippen LogP contribution in [0.2, 0.25) is 0 Å². The van der Waals surface area contributed by atoms with Crippen LogP contribution in [0.5, 0.6) is 0 Å². The Hall–Kier alpha value is -1.59. The van der Waals surface area contributed by atoms with Gasteiger partial charge in [0, 0.05) is 45.0 Å². The van der Waals surface area contributed by atoms with Crippen molar-refractivity contribution in [3.05, 3.63) is 29.3 Å². The Balaban J connectivity index is 1.43. The summed E-state index contributed by atoms with van der Waals surface area (Å²) in [7, 11) is 0. The van der Waals surface area contributed by atoms with Crippen molar-refractivity contribution in [3.63, 3.8) is 0 Å². The fraction of sp³-hybridized carbons (Fsp3) is 0.632. The van der Waals surface area contributed by atoms with E-state index >= 15 is 0 Å². The van der Waals surface area contributed by atoms with Crippen molar-refractivity contribution in [2.45, 2.75) is 32.8 Å². The van der Waals surface area contributed by atoms with Gasteiger partial charge in [0.1, 0.15) is 0 Å². The summed E-state index contributed by atoms with van der Waals surface area (Å²) >= 11 is 0. The maximum Gasteiger partial charge on any atom is 0.234 e. The molecule has 0 aliphatic carbocycles. The third-order valence-electron chi connectivity index (χ3n) is 5.21. The van der Waals surface area contributed by atoms with Crippen molar-refractivity contribution >= 4 is 11.6 Å². The fourth-order valence-corrected chi connectivity index (χ4v) is 3.52. The Morgan fingerprint density at radius 2 is 2.04 bits per heavy atom. The lowest BCUT2D eigenvalue weighted by Crippen LogP contribution is -2.50. The van der Waals surface area contributed by atoms with E-state index in [0.717, 1.165) is 45.6 Å². The van der Waals surface area contributed by atoms with Gasteiger partial charge in [-0.05, 0) is 43.9 Å². The number of carbonyl (C=O) groups is 1. The summed E-state index contributed by atoms with van der Waals surface area (Å²) in [5.41, 5.74) is 4.03. The van der Waals surface area contributed by atoms with Crippen LogP contribution >= 0.6 is 0 Å². The SMILES string of the molecule is Cc1cccc(N2CCN(CC(=O)NCC3CCCO3)CC2)c1C. The summed E-state index contributed by atoms with van der Waals surface area (Å²) in [4.78, 5) is 16.8. The molecule has 0 aromatic heterocycles. The molecule has 24 heavy (non-hydrogen) atoms. The molecule has 2 saturated heterocycles. The first-order valence-corrected chi connectivity index (χ1v) is 9.05. The van der Waals surface area contributed by atoms with Gasteiger partial charge in [0.25, 0.3) is 0 Å². The molecule has 1 aromatic rings. The summed E-state index contributed by atoms with van der Waals surface area (Å²) < 4.78 is 5.54. The van der Waals surface area contributed by atoms with Crippen molar-refractivity contribution in [1.82, 2.24) is 10.2 Å². The molecule has 0 spiro atoms. The number of nitrogens with one attached hydrogen (secondary N) is 1. The molecule has 132 valence electrons. The van der Waals surface area contributed by atoms with Gasteiger partial charge in [0.05, 0.1) is 12.6 Å². The van der Waals surface area contributed by atoms with E-state index in [1.54, 1.807) is 0 Å². The quantitative estimate of drug-likeness (QED) is 0.892. The lowest BCUT2D eigenvalue weighted by molar-refractivity contribution is -0.122. The third kappa shape index (κ3) is 4.28. The molecule has 5 heteroatoms. The van der Waals surface area contributed by atoms with Gasteiger partial charge in [-0.3, -0.25) is 9.69 Å². The van der Waals surface area contributed by atoms with Gasteiger partial charge in [-0.15, -0.1) is 0 Å². The van der Waals surface area contributed by atoms with Gasteiger partial charge in [0.2, 0.25) is 5.91 Å². The predicted octanol–water partition coefficient (Wildman–Crippen LogP) is 1.72. The minimum Gasteiger partial charge on any atom is -0.376 e. The number of hydrogen-bond donors (Lipinski definition) is 1. The summed E-state index contributed by atoms with van der Waals surface area (Å²) in [5, 5.41) is 3.01. The Labute approximate surface area is 145 Å². The average Bonchev–Trinajstić information content (AvgIpc) is 3.10. The van der Waals surface area contributed by atoms with Gasteiger partial charge < -0.3 is 15.0 Å². The highest BCUT2D eigenvalue weighted by atomic mass is 16.5. The van der Waals surface area contributed by atoms with Crippen molar-refractivity contribution in [2.75, 3.05) is 50.8 Å². The minimum absolute atomic E-state index is 0.116. The number of amides is 1. The van der Waals surface area contributed by atoms with Crippen LogP contribution in [0.15, 0.2) is 18.2 Å². The largest absolute Gasteiger partial charge is 0.376 e. The predicted molar refractivity (Wildman–Crippen MR) is 96.6 cm³/mol. The molecule has 2 aliphatic heterocycles. The van der Waals surface area contributed by atoms with Crippen molar-refractivity contribution < 1.29 is 9.53 Å². The highest BCUT2D eigenvalue weighted by Crippen LogP contribution is 2.23. The topological polar surface area (TPSA) is 44.8 Å². The average molecular weight is 331 g/mol. The van der Waals surface area contributed by atoms with Gasteiger partial charge in [0.15, 0.2) is 0 Å². The van der Waals surface area contributed by atoms with Crippen LogP contribution in [0.1, 0.15) is 24.0 Å². The lowest BCUT2D eigenvalue weighted by Gasteiger charge is -2.36. The number of piperazine rings is 1. The summed E-state index contributed by atoms with van der Waals surface area (Å²) in [5.74, 6) is 0.116. The zero-order chi connectivity index (χ0) is 16.9. The number of aryl methyl sites for hydroxylation is 1. The van der Waals surface area contributed by atoms with E-state index in [0.29, 0.717) is 13.1 Å². The van der Waals surface area contributed by atoms with Crippen LogP contribution in [-0.2, 0) is 9.53 Å². The van der Waals surface area contributed by atoms with Gasteiger partial charge in [-0.25, -0.2) is 0 Å². The zero-order valence-corrected chi connectivity index (χ0v) is 14.9. The van der Waals surface area contributed by atoms with E-state index in [9.17, 15) is 4.79 Å². The maximum absolute atomic E-state index is 12.1. The van der Waals surface area contributed by atoms with Crippen molar-refractivity contribution in [1.29, 1.82) is 0 Å². The number of nitrogens with zero attached hydrogens (tertiary/aromatic N) is 2. The second kappa shape index (κ2) is 7.99. The number of anilines is 1. The van der Waals surface area contributed by atoms with E-state index < -0.39 is 0 Å². The van der Waals surface area contributed by atoms with E-state index in [-0.39, 0.29) is 12.0 Å². The highest BCUT2D eigenvalue weighted by molar-refractivity contribution is 5.78. The number of hydrogen-bond acceptors (Lipinski definition) is 4. The molecule has 3 rings (SSSR count). The van der Waals surface area contributed by atoms with Gasteiger partial charge in [-0.1, -0.05) is 12.1 Å². The molecule has 5 nitrogen and oxygen atoms in total.